The van der Waals surface area contributed by atoms with E-state index in [0.29, 0.717) is 0 Å². The van der Waals surface area contributed by atoms with Gasteiger partial charge in [0.05, 0.1) is 0 Å². The summed E-state index contributed by atoms with van der Waals surface area (Å²) in [5.41, 5.74) is 0. The molecule has 0 aromatic rings. The molecule has 0 spiro atoms. The summed E-state index contributed by atoms with van der Waals surface area (Å²) in [6, 6.07) is 0. The molecule has 0 saturated heterocycles. The summed E-state index contributed by atoms with van der Waals surface area (Å²) in [6.45, 7) is 0. The fourth-order valence-corrected chi connectivity index (χ4v) is 0. The quantitative estimate of drug-likeness (QED) is 0.534. The van der Waals surface area contributed by atoms with E-state index < -0.39 is 0 Å². The van der Waals surface area contributed by atoms with E-state index in [0.717, 1.165) is 0 Å². The monoisotopic (exact) mass is 206 g/mol. The Balaban J connectivity index is 0. The Kier molecular flexibility index (Phi) is 824. The standard InChI is InChI=1S/5ClH.Mg.2H/h5*1H;;;/q;;;;;+2;2*-1. The first-order valence-corrected chi connectivity index (χ1v) is 0. The molecule has 0 saturated carbocycles. The van der Waals surface area contributed by atoms with Gasteiger partial charge in [0.2, 0.25) is 0 Å². The Morgan fingerprint density at radius 3 is 0.500 bits per heavy atom. The van der Waals surface area contributed by atoms with Crippen molar-refractivity contribution in [2.75, 3.05) is 0 Å². The first kappa shape index (κ1) is 87.1. The van der Waals surface area contributed by atoms with Crippen LogP contribution in [0, 0.1) is 0 Å². The SMILES string of the molecule is Cl.Cl.Cl.Cl.Cl.[H-].[H-].[Mg+2]. The molecule has 44 valence electrons. The van der Waals surface area contributed by atoms with Crippen LogP contribution >= 0.6 is 62.0 Å². The van der Waals surface area contributed by atoms with Gasteiger partial charge in [-0.15, -0.1) is 62.0 Å². The van der Waals surface area contributed by atoms with E-state index in [4.69, 9.17) is 0 Å². The maximum atomic E-state index is 0. The fraction of sp³-hybridized carbons (Fsp3) is 0. The second kappa shape index (κ2) is 56.8. The van der Waals surface area contributed by atoms with Crippen LogP contribution in [0.15, 0.2) is 0 Å². The van der Waals surface area contributed by atoms with Crippen molar-refractivity contribution in [2.45, 2.75) is 0 Å². The van der Waals surface area contributed by atoms with Gasteiger partial charge in [-0.3, -0.25) is 0 Å². The van der Waals surface area contributed by atoms with E-state index in [1.54, 1.807) is 0 Å². The van der Waals surface area contributed by atoms with E-state index in [9.17, 15) is 0 Å². The van der Waals surface area contributed by atoms with Crippen molar-refractivity contribution in [3.63, 3.8) is 0 Å². The molecule has 0 unspecified atom stereocenters. The summed E-state index contributed by atoms with van der Waals surface area (Å²) in [5, 5.41) is 0. The third-order valence-corrected chi connectivity index (χ3v) is 0. The average Bonchev–Trinajstić information content (AvgIpc) is 0. The molecule has 6 heavy (non-hydrogen) atoms. The molecule has 0 bridgehead atoms. The average molecular weight is 209 g/mol. The molecule has 6 heteroatoms. The Hall–Kier alpha value is 2.22. The molecule has 0 nitrogen and oxygen atoms in total. The van der Waals surface area contributed by atoms with E-state index >= 15 is 0 Å². The molecule has 0 amide bonds. The Bertz CT molecular complexity index is 10.4. The second-order valence-electron chi connectivity index (χ2n) is 0. The van der Waals surface area contributed by atoms with Crippen LogP contribution in [0.5, 0.6) is 0 Å². The van der Waals surface area contributed by atoms with Gasteiger partial charge in [-0.1, -0.05) is 0 Å². The molecule has 0 aromatic carbocycles. The summed E-state index contributed by atoms with van der Waals surface area (Å²) < 4.78 is 0. The third-order valence-electron chi connectivity index (χ3n) is 0. The van der Waals surface area contributed by atoms with Crippen molar-refractivity contribution >= 4 is 85.1 Å². The summed E-state index contributed by atoms with van der Waals surface area (Å²) in [4.78, 5) is 0. The van der Waals surface area contributed by atoms with Crippen LogP contribution in [0.25, 0.3) is 0 Å². The van der Waals surface area contributed by atoms with Gasteiger partial charge in [0.15, 0.2) is 0 Å². The van der Waals surface area contributed by atoms with Gasteiger partial charge in [-0.2, -0.15) is 0 Å². The van der Waals surface area contributed by atoms with Crippen molar-refractivity contribution in [3.05, 3.63) is 0 Å². The van der Waals surface area contributed by atoms with Crippen molar-refractivity contribution < 1.29 is 2.85 Å². The van der Waals surface area contributed by atoms with Gasteiger partial charge in [0.25, 0.3) is 0 Å². The van der Waals surface area contributed by atoms with Gasteiger partial charge in [0.1, 0.15) is 0 Å². The second-order valence-corrected chi connectivity index (χ2v) is 0. The minimum absolute atomic E-state index is 0. The van der Waals surface area contributed by atoms with Crippen molar-refractivity contribution in [1.29, 1.82) is 0 Å². The number of halogens is 5. The normalized spacial score (nSPS) is 0. The zero-order valence-corrected chi connectivity index (χ0v) is 8.25. The van der Waals surface area contributed by atoms with E-state index in [1.165, 1.54) is 0 Å². The minimum atomic E-state index is 0. The molecule has 0 aliphatic carbocycles. The van der Waals surface area contributed by atoms with E-state index in [1.807, 2.05) is 0 Å². The maximum absolute atomic E-state index is 0. The number of hydrogen-bond donors (Lipinski definition) is 0. The Morgan fingerprint density at radius 1 is 0.500 bits per heavy atom. The van der Waals surface area contributed by atoms with Crippen LogP contribution < -0.4 is 0 Å². The molecular formula is H7Cl5Mg. The first-order valence-electron chi connectivity index (χ1n) is 0. The van der Waals surface area contributed by atoms with Gasteiger partial charge < -0.3 is 2.85 Å². The maximum Gasteiger partial charge on any atom is 2.00 e. The first-order chi connectivity index (χ1) is 0. The summed E-state index contributed by atoms with van der Waals surface area (Å²) in [6.07, 6.45) is 0. The zero-order chi connectivity index (χ0) is 0. The summed E-state index contributed by atoms with van der Waals surface area (Å²) in [5.74, 6) is 0. The topological polar surface area (TPSA) is 0 Å². The van der Waals surface area contributed by atoms with Gasteiger partial charge >= 0.3 is 23.1 Å². The van der Waals surface area contributed by atoms with E-state index in [-0.39, 0.29) is 87.9 Å². The molecule has 0 fully saturated rings. The predicted molar refractivity (Wildman–Crippen MR) is 44.2 cm³/mol. The molecule has 0 N–H and O–H groups in total. The molecule has 0 heterocycles. The van der Waals surface area contributed by atoms with Gasteiger partial charge in [-0.25, -0.2) is 0 Å². The van der Waals surface area contributed by atoms with Crippen LogP contribution in [-0.4, -0.2) is 23.1 Å². The Labute approximate surface area is 87.4 Å². The van der Waals surface area contributed by atoms with Gasteiger partial charge in [-0.05, 0) is 0 Å². The summed E-state index contributed by atoms with van der Waals surface area (Å²) >= 11 is 0. The fourth-order valence-electron chi connectivity index (χ4n) is 0. The molecular weight excluding hydrogens is 202 g/mol. The largest absolute Gasteiger partial charge is 2.00 e. The van der Waals surface area contributed by atoms with E-state index in [2.05, 4.69) is 0 Å². The molecule has 0 atom stereocenters. The molecule has 0 rings (SSSR count). The molecule has 0 aliphatic heterocycles. The van der Waals surface area contributed by atoms with Gasteiger partial charge in [0, 0.05) is 0 Å². The van der Waals surface area contributed by atoms with Crippen LogP contribution in [-0.2, 0) is 0 Å². The van der Waals surface area contributed by atoms with Crippen molar-refractivity contribution in [1.82, 2.24) is 0 Å². The molecule has 0 aliphatic rings. The van der Waals surface area contributed by atoms with Crippen LogP contribution in [0.4, 0.5) is 0 Å². The molecule has 0 radical (unpaired) electrons. The smallest absolute Gasteiger partial charge is 1.00 e. The molecule has 0 aromatic heterocycles. The van der Waals surface area contributed by atoms with Crippen LogP contribution in [0.2, 0.25) is 0 Å². The number of rotatable bonds is 0. The Morgan fingerprint density at radius 2 is 0.500 bits per heavy atom. The summed E-state index contributed by atoms with van der Waals surface area (Å²) in [7, 11) is 0. The van der Waals surface area contributed by atoms with Crippen molar-refractivity contribution in [2.24, 2.45) is 0 Å². The van der Waals surface area contributed by atoms with Crippen LogP contribution in [0.3, 0.4) is 0 Å². The number of hydrogen-bond acceptors (Lipinski definition) is 0. The zero-order valence-electron chi connectivity index (χ0n) is 4.75. The van der Waals surface area contributed by atoms with Crippen molar-refractivity contribution in [3.8, 4) is 0 Å². The third kappa shape index (κ3) is 34.4. The minimum Gasteiger partial charge on any atom is -1.00 e. The predicted octanol–water partition coefficient (Wildman–Crippen LogP) is 1.95. The van der Waals surface area contributed by atoms with Crippen LogP contribution in [0.1, 0.15) is 2.85 Å².